The molecule has 3 aromatic carbocycles. The van der Waals surface area contributed by atoms with E-state index in [-0.39, 0.29) is 0 Å². The summed E-state index contributed by atoms with van der Waals surface area (Å²) in [7, 11) is 2.10. The van der Waals surface area contributed by atoms with E-state index in [0.29, 0.717) is 23.9 Å². The number of hydrogen-bond donors (Lipinski definition) is 1. The van der Waals surface area contributed by atoms with Gasteiger partial charge in [-0.25, -0.2) is 14.3 Å². The molecule has 0 aliphatic heterocycles. The average molecular weight is 585 g/mol. The first-order valence-electron chi connectivity index (χ1n) is 13.0. The first kappa shape index (κ1) is 29.8. The van der Waals surface area contributed by atoms with Gasteiger partial charge in [0, 0.05) is 29.9 Å². The zero-order valence-corrected chi connectivity index (χ0v) is 24.8. The van der Waals surface area contributed by atoms with Gasteiger partial charge in [0.1, 0.15) is 5.69 Å². The van der Waals surface area contributed by atoms with Crippen LogP contribution in [0, 0.1) is 5.41 Å². The van der Waals surface area contributed by atoms with Gasteiger partial charge in [-0.1, -0.05) is 89.2 Å². The van der Waals surface area contributed by atoms with Gasteiger partial charge in [0.15, 0.2) is 11.0 Å². The van der Waals surface area contributed by atoms with Crippen LogP contribution in [0.3, 0.4) is 0 Å². The van der Waals surface area contributed by atoms with E-state index in [1.165, 1.54) is 16.7 Å². The highest BCUT2D eigenvalue weighted by molar-refractivity contribution is 7.99. The van der Waals surface area contributed by atoms with E-state index in [4.69, 9.17) is 27.1 Å². The van der Waals surface area contributed by atoms with Crippen LogP contribution >= 0.6 is 23.4 Å². The number of nitrogens with zero attached hydrogens (tertiary/aromatic N) is 7. The lowest BCUT2D eigenvalue weighted by Gasteiger charge is -2.15. The third-order valence-corrected chi connectivity index (χ3v) is 7.38. The molecular weight excluding hydrogens is 552 g/mol. The van der Waals surface area contributed by atoms with E-state index >= 15 is 0 Å². The van der Waals surface area contributed by atoms with Crippen LogP contribution in [0.4, 0.5) is 0 Å². The van der Waals surface area contributed by atoms with Crippen molar-refractivity contribution in [1.29, 1.82) is 5.41 Å². The number of nitrogens with one attached hydrogen (secondary N) is 1. The molecule has 0 fully saturated rings. The summed E-state index contributed by atoms with van der Waals surface area (Å²) in [5.41, 5.74) is 5.45. The Balaban J connectivity index is 0.00000189. The third-order valence-electron chi connectivity index (χ3n) is 5.97. The van der Waals surface area contributed by atoms with Gasteiger partial charge in [-0.15, -0.1) is 10.2 Å². The van der Waals surface area contributed by atoms with Crippen molar-refractivity contribution in [3.8, 4) is 11.4 Å². The highest BCUT2D eigenvalue weighted by atomic mass is 35.5. The molecule has 41 heavy (non-hydrogen) atoms. The van der Waals surface area contributed by atoms with E-state index in [1.807, 2.05) is 64.1 Å². The fourth-order valence-corrected chi connectivity index (χ4v) is 5.14. The van der Waals surface area contributed by atoms with Crippen molar-refractivity contribution in [2.75, 3.05) is 12.8 Å². The lowest BCUT2D eigenvalue weighted by molar-refractivity contribution is 0.447. The van der Waals surface area contributed by atoms with Crippen molar-refractivity contribution in [2.24, 2.45) is 0 Å². The Morgan fingerprint density at radius 3 is 2.29 bits per heavy atom. The third kappa shape index (κ3) is 8.89. The lowest BCUT2D eigenvalue weighted by atomic mass is 10.2. The molecule has 0 saturated heterocycles. The first-order valence-corrected chi connectivity index (χ1v) is 14.4. The predicted octanol–water partition coefficient (Wildman–Crippen LogP) is 6.68. The van der Waals surface area contributed by atoms with E-state index in [1.54, 1.807) is 11.8 Å². The number of aromatic nitrogens is 6. The second kappa shape index (κ2) is 15.0. The fraction of sp³-hybridized carbons (Fsp3) is 0.194. The second-order valence-electron chi connectivity index (χ2n) is 9.44. The van der Waals surface area contributed by atoms with Crippen LogP contribution in [0.1, 0.15) is 23.7 Å². The quantitative estimate of drug-likeness (QED) is 0.138. The smallest absolute Gasteiger partial charge is 0.187 e. The van der Waals surface area contributed by atoms with Gasteiger partial charge in [0.25, 0.3) is 0 Å². The van der Waals surface area contributed by atoms with Gasteiger partial charge in [0.2, 0.25) is 0 Å². The Labute approximate surface area is 250 Å². The van der Waals surface area contributed by atoms with E-state index < -0.39 is 0 Å². The van der Waals surface area contributed by atoms with Crippen LogP contribution in [0.25, 0.3) is 11.4 Å². The molecule has 0 spiro atoms. The molecule has 5 rings (SSSR count). The molecule has 0 unspecified atom stereocenters. The van der Waals surface area contributed by atoms with Gasteiger partial charge in [-0.3, -0.25) is 0 Å². The predicted molar refractivity (Wildman–Crippen MR) is 167 cm³/mol. The van der Waals surface area contributed by atoms with Crippen molar-refractivity contribution >= 4 is 30.1 Å². The van der Waals surface area contributed by atoms with Crippen molar-refractivity contribution in [1.82, 2.24) is 34.7 Å². The number of benzene rings is 3. The largest absolute Gasteiger partial charge is 0.376 e. The van der Waals surface area contributed by atoms with Crippen molar-refractivity contribution in [2.45, 2.75) is 31.7 Å². The van der Waals surface area contributed by atoms with Crippen LogP contribution in [0.2, 0.25) is 5.02 Å². The van der Waals surface area contributed by atoms with E-state index in [9.17, 15) is 0 Å². The summed E-state index contributed by atoms with van der Waals surface area (Å²) < 4.78 is 3.76. The molecule has 0 amide bonds. The molecule has 0 radical (unpaired) electrons. The Morgan fingerprint density at radius 1 is 0.951 bits per heavy atom. The standard InChI is InChI=1S/C30H30ClN7S.CH3N/c1-23(17-36(2)18-24-9-5-3-6-10-24)22-39-30-32-29(26-13-15-27(31)16-14-26)34-38(30)21-28-20-37(35-33-28)19-25-11-7-4-8-12-25;1-2/h3-17,20H,18-19,21-22H2,1-2H3;2H,1H2/b23-17+;. The van der Waals surface area contributed by atoms with Gasteiger partial charge < -0.3 is 10.3 Å². The summed E-state index contributed by atoms with van der Waals surface area (Å²) in [6.45, 7) is 6.65. The number of thioether (sulfide) groups is 1. The van der Waals surface area contributed by atoms with Crippen LogP contribution in [0.5, 0.6) is 0 Å². The van der Waals surface area contributed by atoms with Crippen LogP contribution < -0.4 is 0 Å². The van der Waals surface area contributed by atoms with Crippen molar-refractivity contribution < 1.29 is 0 Å². The summed E-state index contributed by atoms with van der Waals surface area (Å²) in [6, 6.07) is 28.3. The van der Waals surface area contributed by atoms with Crippen LogP contribution in [0.15, 0.2) is 108 Å². The molecular formula is C31H33ClN8S. The van der Waals surface area contributed by atoms with Gasteiger partial charge in [0.05, 0.1) is 19.3 Å². The molecule has 0 bridgehead atoms. The highest BCUT2D eigenvalue weighted by Crippen LogP contribution is 2.25. The minimum Gasteiger partial charge on any atom is -0.376 e. The molecule has 2 heterocycles. The fourth-order valence-electron chi connectivity index (χ4n) is 4.18. The lowest BCUT2D eigenvalue weighted by Crippen LogP contribution is -2.11. The minimum absolute atomic E-state index is 0.481. The summed E-state index contributed by atoms with van der Waals surface area (Å²) in [5.74, 6) is 1.45. The zero-order chi connectivity index (χ0) is 29.0. The minimum atomic E-state index is 0.481. The molecule has 2 aromatic heterocycles. The van der Waals surface area contributed by atoms with E-state index in [0.717, 1.165) is 28.7 Å². The molecule has 0 aliphatic carbocycles. The SMILES string of the molecule is C/C(=C\N(C)Cc1ccccc1)CSc1nc(-c2ccc(Cl)cc2)nn1Cc1cn(Cc2ccccc2)nn1.C=N. The maximum atomic E-state index is 6.10. The summed E-state index contributed by atoms with van der Waals surface area (Å²) in [5, 5.41) is 20.6. The van der Waals surface area contributed by atoms with Crippen molar-refractivity contribution in [3.05, 3.63) is 125 Å². The van der Waals surface area contributed by atoms with Gasteiger partial charge >= 0.3 is 0 Å². The summed E-state index contributed by atoms with van der Waals surface area (Å²) >= 11 is 7.77. The van der Waals surface area contributed by atoms with Crippen molar-refractivity contribution in [3.63, 3.8) is 0 Å². The molecule has 5 aromatic rings. The molecule has 10 heteroatoms. The molecule has 0 saturated carbocycles. The maximum Gasteiger partial charge on any atom is 0.187 e. The summed E-state index contributed by atoms with van der Waals surface area (Å²) in [4.78, 5) is 7.08. The Bertz CT molecular complexity index is 1530. The second-order valence-corrected chi connectivity index (χ2v) is 10.8. The topological polar surface area (TPSA) is 88.5 Å². The number of rotatable bonds is 11. The highest BCUT2D eigenvalue weighted by Gasteiger charge is 2.15. The molecule has 8 nitrogen and oxygen atoms in total. The average Bonchev–Trinajstić information content (AvgIpc) is 3.61. The van der Waals surface area contributed by atoms with Gasteiger partial charge in [-0.05, 0) is 60.8 Å². The Kier molecular flexibility index (Phi) is 10.9. The van der Waals surface area contributed by atoms with Gasteiger partial charge in [-0.2, -0.15) is 0 Å². The number of hydrogen-bond acceptors (Lipinski definition) is 7. The first-order chi connectivity index (χ1) is 20.0. The maximum absolute atomic E-state index is 6.10. The zero-order valence-electron chi connectivity index (χ0n) is 23.2. The molecule has 0 aliphatic rings. The molecule has 1 N–H and O–H groups in total. The Morgan fingerprint density at radius 2 is 1.61 bits per heavy atom. The molecule has 0 atom stereocenters. The van der Waals surface area contributed by atoms with E-state index in [2.05, 4.69) is 78.5 Å². The summed E-state index contributed by atoms with van der Waals surface area (Å²) in [6.07, 6.45) is 4.16. The molecule has 210 valence electrons. The normalized spacial score (nSPS) is 11.1. The Hall–Kier alpha value is -4.21. The monoisotopic (exact) mass is 584 g/mol. The number of halogens is 1. The van der Waals surface area contributed by atoms with Crippen LogP contribution in [-0.4, -0.2) is 54.2 Å². The van der Waals surface area contributed by atoms with Crippen LogP contribution in [-0.2, 0) is 19.6 Å².